The van der Waals surface area contributed by atoms with Crippen molar-refractivity contribution < 1.29 is 4.74 Å². The van der Waals surface area contributed by atoms with Crippen LogP contribution in [0.15, 0.2) is 12.1 Å². The van der Waals surface area contributed by atoms with Gasteiger partial charge in [-0.1, -0.05) is 12.5 Å². The van der Waals surface area contributed by atoms with Gasteiger partial charge in [0, 0.05) is 6.04 Å². The first-order valence-electron chi connectivity index (χ1n) is 5.66. The van der Waals surface area contributed by atoms with Crippen LogP contribution in [0.5, 0.6) is 5.75 Å². The maximum absolute atomic E-state index is 6.22. The summed E-state index contributed by atoms with van der Waals surface area (Å²) in [5.74, 6) is 1.01. The lowest BCUT2D eigenvalue weighted by atomic mass is 9.94. The van der Waals surface area contributed by atoms with Crippen molar-refractivity contribution in [1.82, 2.24) is 0 Å². The minimum absolute atomic E-state index is 0.192. The molecule has 0 heterocycles. The van der Waals surface area contributed by atoms with E-state index in [1.54, 1.807) is 7.11 Å². The Morgan fingerprint density at radius 1 is 1.33 bits per heavy atom. The maximum Gasteiger partial charge on any atom is 0.122 e. The molecule has 1 aromatic rings. The number of nitrogens with two attached hydrogens (primary N) is 1. The maximum atomic E-state index is 6.22. The van der Waals surface area contributed by atoms with E-state index in [2.05, 4.69) is 19.1 Å². The molecule has 1 aliphatic rings. The molecule has 2 rings (SSSR count). The fraction of sp³-hybridized carbons (Fsp3) is 0.538. The van der Waals surface area contributed by atoms with Crippen molar-refractivity contribution in [1.29, 1.82) is 0 Å². The third kappa shape index (κ3) is 1.86. The van der Waals surface area contributed by atoms with Crippen molar-refractivity contribution in [2.75, 3.05) is 7.11 Å². The highest BCUT2D eigenvalue weighted by atomic mass is 16.5. The first kappa shape index (κ1) is 10.5. The van der Waals surface area contributed by atoms with Crippen LogP contribution in [0, 0.1) is 6.92 Å². The summed E-state index contributed by atoms with van der Waals surface area (Å²) in [5.41, 5.74) is 10.2. The van der Waals surface area contributed by atoms with Crippen LogP contribution in [-0.2, 0) is 6.42 Å². The number of rotatable bonds is 1. The van der Waals surface area contributed by atoms with Crippen molar-refractivity contribution >= 4 is 0 Å². The number of fused-ring (bicyclic) bond motifs is 1. The summed E-state index contributed by atoms with van der Waals surface area (Å²) < 4.78 is 5.42. The molecule has 0 saturated heterocycles. The zero-order valence-electron chi connectivity index (χ0n) is 9.55. The lowest BCUT2D eigenvalue weighted by Crippen LogP contribution is -2.12. The average molecular weight is 205 g/mol. The van der Waals surface area contributed by atoms with Crippen molar-refractivity contribution in [3.8, 4) is 5.75 Å². The molecule has 15 heavy (non-hydrogen) atoms. The van der Waals surface area contributed by atoms with Gasteiger partial charge in [-0.3, -0.25) is 0 Å². The molecule has 2 heteroatoms. The molecule has 0 aromatic heterocycles. The van der Waals surface area contributed by atoms with Crippen LogP contribution < -0.4 is 10.5 Å². The van der Waals surface area contributed by atoms with Gasteiger partial charge in [0.1, 0.15) is 5.75 Å². The molecule has 0 aliphatic heterocycles. The molecule has 0 amide bonds. The summed E-state index contributed by atoms with van der Waals surface area (Å²) in [6.45, 7) is 2.14. The van der Waals surface area contributed by atoms with Crippen LogP contribution in [0.1, 0.15) is 42.0 Å². The van der Waals surface area contributed by atoms with Gasteiger partial charge in [0.25, 0.3) is 0 Å². The molecule has 1 atom stereocenters. The van der Waals surface area contributed by atoms with E-state index in [9.17, 15) is 0 Å². The van der Waals surface area contributed by atoms with Crippen LogP contribution in [0.4, 0.5) is 0 Å². The van der Waals surface area contributed by atoms with Crippen molar-refractivity contribution in [3.63, 3.8) is 0 Å². The molecule has 0 radical (unpaired) electrons. The molecule has 0 spiro atoms. The predicted molar refractivity (Wildman–Crippen MR) is 62.2 cm³/mol. The average Bonchev–Trinajstić information content (AvgIpc) is 2.42. The molecule has 1 aliphatic carbocycles. The summed E-state index contributed by atoms with van der Waals surface area (Å²) in [7, 11) is 1.74. The fourth-order valence-electron chi connectivity index (χ4n) is 2.54. The number of hydrogen-bond donors (Lipinski definition) is 1. The lowest BCUT2D eigenvalue weighted by Gasteiger charge is -2.18. The van der Waals surface area contributed by atoms with Gasteiger partial charge in [0.2, 0.25) is 0 Å². The summed E-state index contributed by atoms with van der Waals surface area (Å²) in [5, 5.41) is 0. The molecule has 0 fully saturated rings. The summed E-state index contributed by atoms with van der Waals surface area (Å²) >= 11 is 0. The Hall–Kier alpha value is -1.02. The van der Waals surface area contributed by atoms with Crippen LogP contribution in [0.3, 0.4) is 0 Å². The smallest absolute Gasteiger partial charge is 0.122 e. The quantitative estimate of drug-likeness (QED) is 0.715. The summed E-state index contributed by atoms with van der Waals surface area (Å²) in [6.07, 6.45) is 4.65. The van der Waals surface area contributed by atoms with Gasteiger partial charge in [0.15, 0.2) is 0 Å². The van der Waals surface area contributed by atoms with E-state index in [4.69, 9.17) is 10.5 Å². The van der Waals surface area contributed by atoms with Gasteiger partial charge in [-0.15, -0.1) is 0 Å². The fourth-order valence-corrected chi connectivity index (χ4v) is 2.54. The molecule has 2 N–H and O–H groups in total. The summed E-state index contributed by atoms with van der Waals surface area (Å²) in [6, 6.07) is 4.37. The third-order valence-corrected chi connectivity index (χ3v) is 3.31. The van der Waals surface area contributed by atoms with Crippen molar-refractivity contribution in [3.05, 3.63) is 28.8 Å². The molecule has 0 bridgehead atoms. The Balaban J connectivity index is 2.55. The number of methoxy groups -OCH3 is 1. The van der Waals surface area contributed by atoms with Gasteiger partial charge in [-0.05, 0) is 48.9 Å². The zero-order chi connectivity index (χ0) is 10.8. The van der Waals surface area contributed by atoms with E-state index in [1.165, 1.54) is 29.5 Å². The highest BCUT2D eigenvalue weighted by Crippen LogP contribution is 2.35. The Labute approximate surface area is 91.4 Å². The van der Waals surface area contributed by atoms with Crippen LogP contribution >= 0.6 is 0 Å². The third-order valence-electron chi connectivity index (χ3n) is 3.31. The number of ether oxygens (including phenoxy) is 1. The molecule has 82 valence electrons. The molecule has 0 unspecified atom stereocenters. The first-order chi connectivity index (χ1) is 7.24. The second-order valence-electron chi connectivity index (χ2n) is 4.33. The standard InChI is InChI=1S/C13H19NO/c1-9-7-8-12(15-2)10-5-3-4-6-11(14)13(9)10/h7-8,11H,3-6,14H2,1-2H3/t11-/m0/s1. The largest absolute Gasteiger partial charge is 0.496 e. The van der Waals surface area contributed by atoms with E-state index in [0.717, 1.165) is 18.6 Å². The Morgan fingerprint density at radius 2 is 2.13 bits per heavy atom. The van der Waals surface area contributed by atoms with Gasteiger partial charge < -0.3 is 10.5 Å². The topological polar surface area (TPSA) is 35.2 Å². The van der Waals surface area contributed by atoms with Crippen LogP contribution in [0.2, 0.25) is 0 Å². The lowest BCUT2D eigenvalue weighted by molar-refractivity contribution is 0.408. The molecular formula is C13H19NO. The van der Waals surface area contributed by atoms with E-state index >= 15 is 0 Å². The molecule has 0 saturated carbocycles. The molecular weight excluding hydrogens is 186 g/mol. The minimum atomic E-state index is 0.192. The second kappa shape index (κ2) is 4.23. The van der Waals surface area contributed by atoms with Gasteiger partial charge in [-0.2, -0.15) is 0 Å². The highest BCUT2D eigenvalue weighted by Gasteiger charge is 2.20. The van der Waals surface area contributed by atoms with Crippen molar-refractivity contribution in [2.45, 2.75) is 38.6 Å². The van der Waals surface area contributed by atoms with E-state index in [-0.39, 0.29) is 6.04 Å². The minimum Gasteiger partial charge on any atom is -0.496 e. The molecule has 1 aromatic carbocycles. The predicted octanol–water partition coefficient (Wildman–Crippen LogP) is 2.73. The van der Waals surface area contributed by atoms with Gasteiger partial charge in [-0.25, -0.2) is 0 Å². The summed E-state index contributed by atoms with van der Waals surface area (Å²) in [4.78, 5) is 0. The number of benzene rings is 1. The van der Waals surface area contributed by atoms with E-state index < -0.39 is 0 Å². The Kier molecular flexibility index (Phi) is 2.96. The van der Waals surface area contributed by atoms with Crippen LogP contribution in [0.25, 0.3) is 0 Å². The molecule has 2 nitrogen and oxygen atoms in total. The second-order valence-corrected chi connectivity index (χ2v) is 4.33. The monoisotopic (exact) mass is 205 g/mol. The van der Waals surface area contributed by atoms with E-state index in [1.807, 2.05) is 0 Å². The highest BCUT2D eigenvalue weighted by molar-refractivity contribution is 5.47. The SMILES string of the molecule is COc1ccc(C)c2c1CCCC[C@@H]2N. The van der Waals surface area contributed by atoms with E-state index in [0.29, 0.717) is 0 Å². The normalized spacial score (nSPS) is 20.6. The number of hydrogen-bond acceptors (Lipinski definition) is 2. The Bertz CT molecular complexity index is 360. The van der Waals surface area contributed by atoms with Gasteiger partial charge in [0.05, 0.1) is 7.11 Å². The zero-order valence-corrected chi connectivity index (χ0v) is 9.55. The van der Waals surface area contributed by atoms with Gasteiger partial charge >= 0.3 is 0 Å². The van der Waals surface area contributed by atoms with Crippen molar-refractivity contribution in [2.24, 2.45) is 5.73 Å². The number of aryl methyl sites for hydroxylation is 1. The van der Waals surface area contributed by atoms with Crippen LogP contribution in [-0.4, -0.2) is 7.11 Å². The Morgan fingerprint density at radius 3 is 2.87 bits per heavy atom. The first-order valence-corrected chi connectivity index (χ1v) is 5.66.